The summed E-state index contributed by atoms with van der Waals surface area (Å²) in [4.78, 5) is 0. The fourth-order valence-electron chi connectivity index (χ4n) is 5.08. The lowest BCUT2D eigenvalue weighted by Gasteiger charge is -2.31. The first-order valence-electron chi connectivity index (χ1n) is 11.2. The molecule has 0 unspecified atom stereocenters. The van der Waals surface area contributed by atoms with Crippen molar-refractivity contribution in [1.82, 2.24) is 0 Å². The molecule has 5 heteroatoms. The first kappa shape index (κ1) is 21.9. The molecule has 0 saturated carbocycles. The molecule has 0 aliphatic heterocycles. The van der Waals surface area contributed by atoms with Crippen LogP contribution in [0.4, 0.5) is 17.6 Å². The molecule has 2 atom stereocenters. The lowest BCUT2D eigenvalue weighted by atomic mass is 9.74. The van der Waals surface area contributed by atoms with Gasteiger partial charge in [0.25, 0.3) is 0 Å². The van der Waals surface area contributed by atoms with Gasteiger partial charge in [-0.2, -0.15) is 0 Å². The molecule has 2 aromatic rings. The molecule has 0 radical (unpaired) electrons. The van der Waals surface area contributed by atoms with E-state index in [-0.39, 0.29) is 5.92 Å². The van der Waals surface area contributed by atoms with Crippen molar-refractivity contribution < 1.29 is 22.3 Å². The lowest BCUT2D eigenvalue weighted by Crippen LogP contribution is -2.20. The van der Waals surface area contributed by atoms with Crippen LogP contribution in [0.25, 0.3) is 0 Å². The molecule has 0 fully saturated rings. The van der Waals surface area contributed by atoms with Gasteiger partial charge in [-0.25, -0.2) is 4.39 Å². The predicted molar refractivity (Wildman–Crippen MR) is 114 cm³/mol. The van der Waals surface area contributed by atoms with Gasteiger partial charge in [0.05, 0.1) is 0 Å². The topological polar surface area (TPSA) is 9.23 Å². The first-order chi connectivity index (χ1) is 14.8. The van der Waals surface area contributed by atoms with Crippen molar-refractivity contribution in [2.45, 2.75) is 70.6 Å². The van der Waals surface area contributed by atoms with Gasteiger partial charge >= 0.3 is 6.36 Å². The van der Waals surface area contributed by atoms with Crippen LogP contribution in [-0.2, 0) is 25.7 Å². The molecule has 4 rings (SSSR count). The summed E-state index contributed by atoms with van der Waals surface area (Å²) in [6.07, 6.45) is 8.09. The van der Waals surface area contributed by atoms with E-state index in [2.05, 4.69) is 35.9 Å². The number of allylic oxidation sites excluding steroid dienone is 2. The monoisotopic (exact) mass is 432 g/mol. The molecule has 2 aliphatic rings. The summed E-state index contributed by atoms with van der Waals surface area (Å²) >= 11 is 0. The number of unbranched alkanes of at least 4 members (excludes halogenated alkanes) is 1. The minimum Gasteiger partial charge on any atom is -0.403 e. The molecule has 0 bridgehead atoms. The Morgan fingerprint density at radius 1 is 1.00 bits per heavy atom. The van der Waals surface area contributed by atoms with Gasteiger partial charge in [0, 0.05) is 0 Å². The van der Waals surface area contributed by atoms with Crippen LogP contribution in [0.2, 0.25) is 0 Å². The zero-order valence-corrected chi connectivity index (χ0v) is 17.8. The van der Waals surface area contributed by atoms with Crippen molar-refractivity contribution >= 4 is 0 Å². The number of rotatable bonds is 5. The van der Waals surface area contributed by atoms with E-state index in [0.717, 1.165) is 50.2 Å². The third-order valence-electron chi connectivity index (χ3n) is 6.60. The maximum atomic E-state index is 14.2. The Labute approximate surface area is 181 Å². The summed E-state index contributed by atoms with van der Waals surface area (Å²) in [5, 5.41) is 0. The zero-order valence-electron chi connectivity index (χ0n) is 17.8. The smallest absolute Gasteiger partial charge is 0.403 e. The van der Waals surface area contributed by atoms with E-state index >= 15 is 0 Å². The minimum absolute atomic E-state index is 0.105. The highest BCUT2D eigenvalue weighted by molar-refractivity contribution is 5.46. The van der Waals surface area contributed by atoms with Crippen molar-refractivity contribution in [3.05, 3.63) is 76.1 Å². The summed E-state index contributed by atoms with van der Waals surface area (Å²) in [6.45, 7) is 2.19. The third-order valence-corrected chi connectivity index (χ3v) is 6.60. The highest BCUT2D eigenvalue weighted by Crippen LogP contribution is 2.39. The fraction of sp³-hybridized carbons (Fsp3) is 0.462. The molecule has 2 aromatic carbocycles. The summed E-state index contributed by atoms with van der Waals surface area (Å²) < 4.78 is 55.1. The summed E-state index contributed by atoms with van der Waals surface area (Å²) in [7, 11) is 0. The average Bonchev–Trinajstić information content (AvgIpc) is 2.74. The maximum Gasteiger partial charge on any atom is 0.573 e. The largest absolute Gasteiger partial charge is 0.573 e. The van der Waals surface area contributed by atoms with Crippen molar-refractivity contribution in [2.24, 2.45) is 5.92 Å². The van der Waals surface area contributed by atoms with E-state index in [0.29, 0.717) is 5.92 Å². The van der Waals surface area contributed by atoms with Crippen LogP contribution in [0.1, 0.15) is 66.3 Å². The number of ether oxygens (including phenoxy) is 1. The molecule has 0 aromatic heterocycles. The molecule has 0 amide bonds. The summed E-state index contributed by atoms with van der Waals surface area (Å²) in [5.74, 6) is -1.01. The normalized spacial score (nSPS) is 21.1. The fourth-order valence-corrected chi connectivity index (χ4v) is 5.08. The van der Waals surface area contributed by atoms with E-state index in [1.54, 1.807) is 6.07 Å². The first-order valence-corrected chi connectivity index (χ1v) is 11.2. The Morgan fingerprint density at radius 3 is 2.39 bits per heavy atom. The number of benzene rings is 2. The Morgan fingerprint density at radius 2 is 1.71 bits per heavy atom. The quantitative estimate of drug-likeness (QED) is 0.352. The van der Waals surface area contributed by atoms with E-state index in [9.17, 15) is 17.6 Å². The van der Waals surface area contributed by atoms with Crippen molar-refractivity contribution in [1.29, 1.82) is 0 Å². The second-order valence-electron chi connectivity index (χ2n) is 8.74. The Hall–Kier alpha value is -2.30. The number of hydrogen-bond acceptors (Lipinski definition) is 1. The molecule has 31 heavy (non-hydrogen) atoms. The average molecular weight is 433 g/mol. The highest BCUT2D eigenvalue weighted by Gasteiger charge is 2.33. The summed E-state index contributed by atoms with van der Waals surface area (Å²) in [6, 6.07) is 8.30. The number of fused-ring (bicyclic) bond motifs is 3. The van der Waals surface area contributed by atoms with Gasteiger partial charge in [-0.1, -0.05) is 43.7 Å². The Balaban J connectivity index is 1.48. The van der Waals surface area contributed by atoms with Gasteiger partial charge < -0.3 is 4.74 Å². The van der Waals surface area contributed by atoms with Crippen LogP contribution >= 0.6 is 0 Å². The van der Waals surface area contributed by atoms with E-state index in [4.69, 9.17) is 0 Å². The van der Waals surface area contributed by atoms with Crippen LogP contribution in [0.15, 0.2) is 42.5 Å². The second kappa shape index (κ2) is 9.05. The van der Waals surface area contributed by atoms with Crippen LogP contribution in [0, 0.1) is 11.7 Å². The lowest BCUT2D eigenvalue weighted by molar-refractivity contribution is -0.275. The van der Waals surface area contributed by atoms with Crippen molar-refractivity contribution in [3.63, 3.8) is 0 Å². The molecule has 0 heterocycles. The highest BCUT2D eigenvalue weighted by atomic mass is 19.4. The SMILES string of the molecule is CCCC=C[C@H]1CCc2c(ccc3c2CC[C@H](c2ccc(OC(F)(F)F)c(F)c2)C3)C1. The van der Waals surface area contributed by atoms with Gasteiger partial charge in [-0.15, -0.1) is 13.2 Å². The molecular formula is C26H28F4O. The van der Waals surface area contributed by atoms with Gasteiger partial charge in [-0.05, 0) is 96.7 Å². The van der Waals surface area contributed by atoms with Gasteiger partial charge in [0.15, 0.2) is 11.6 Å². The second-order valence-corrected chi connectivity index (χ2v) is 8.74. The molecule has 0 N–H and O–H groups in total. The molecule has 0 saturated heterocycles. The number of alkyl halides is 3. The molecule has 2 aliphatic carbocycles. The number of hydrogen-bond donors (Lipinski definition) is 0. The van der Waals surface area contributed by atoms with Gasteiger partial charge in [0.1, 0.15) is 0 Å². The zero-order chi connectivity index (χ0) is 22.0. The van der Waals surface area contributed by atoms with Crippen molar-refractivity contribution in [3.8, 4) is 5.75 Å². The predicted octanol–water partition coefficient (Wildman–Crippen LogP) is 7.46. The van der Waals surface area contributed by atoms with E-state index in [1.165, 1.54) is 41.2 Å². The van der Waals surface area contributed by atoms with Crippen molar-refractivity contribution in [2.75, 3.05) is 0 Å². The summed E-state index contributed by atoms with van der Waals surface area (Å²) in [5.41, 5.74) is 6.43. The van der Waals surface area contributed by atoms with Crippen LogP contribution in [0.5, 0.6) is 5.75 Å². The molecular weight excluding hydrogens is 404 g/mol. The standard InChI is InChI=1S/C26H28F4O/c1-2-3-4-5-17-6-11-22-20(14-17)7-8-21-15-18(9-12-23(21)22)19-10-13-25(24(27)16-19)31-26(28,29)30/h4-5,7-8,10,13,16-18H,2-3,6,9,11-12,14-15H2,1H3/t17-,18-/m0/s1. The maximum absolute atomic E-state index is 14.2. The van der Waals surface area contributed by atoms with E-state index < -0.39 is 17.9 Å². The molecule has 0 spiro atoms. The van der Waals surface area contributed by atoms with Gasteiger partial charge in [-0.3, -0.25) is 0 Å². The third kappa shape index (κ3) is 5.13. The van der Waals surface area contributed by atoms with Crippen LogP contribution in [0.3, 0.4) is 0 Å². The van der Waals surface area contributed by atoms with Gasteiger partial charge in [0.2, 0.25) is 0 Å². The van der Waals surface area contributed by atoms with Crippen LogP contribution < -0.4 is 4.74 Å². The Bertz CT molecular complexity index is 961. The minimum atomic E-state index is -4.89. The van der Waals surface area contributed by atoms with E-state index in [1.807, 2.05) is 0 Å². The Kier molecular flexibility index (Phi) is 6.40. The van der Waals surface area contributed by atoms with Crippen LogP contribution in [-0.4, -0.2) is 6.36 Å². The molecule has 166 valence electrons. The number of halogens is 4. The molecule has 1 nitrogen and oxygen atoms in total.